The van der Waals surface area contributed by atoms with Gasteiger partial charge >= 0.3 is 6.03 Å². The molecule has 0 saturated carbocycles. The average molecular weight is 411 g/mol. The second-order valence-corrected chi connectivity index (χ2v) is 8.13. The zero-order chi connectivity index (χ0) is 20.4. The summed E-state index contributed by atoms with van der Waals surface area (Å²) in [6.07, 6.45) is 1.62. The van der Waals surface area contributed by atoms with Gasteiger partial charge in [0.25, 0.3) is 0 Å². The normalized spacial score (nSPS) is 14.8. The first kappa shape index (κ1) is 19.3. The summed E-state index contributed by atoms with van der Waals surface area (Å²) in [5.41, 5.74) is 2.06. The fourth-order valence-corrected chi connectivity index (χ4v) is 4.09. The van der Waals surface area contributed by atoms with Gasteiger partial charge in [-0.25, -0.2) is 4.79 Å². The molecule has 1 aromatic carbocycles. The number of benzene rings is 1. The molecule has 9 heteroatoms. The third kappa shape index (κ3) is 4.04. The molecule has 1 saturated heterocycles. The molecule has 0 bridgehead atoms. The fraction of sp³-hybridized carbons (Fsp3) is 0.300. The Balaban J connectivity index is 1.64. The molecule has 1 aliphatic heterocycles. The van der Waals surface area contributed by atoms with Crippen molar-refractivity contribution in [2.75, 3.05) is 13.1 Å². The molecule has 150 valence electrons. The number of carbonyl (C=O) groups excluding carboxylic acids is 2. The average Bonchev–Trinajstić information content (AvgIpc) is 3.44. The van der Waals surface area contributed by atoms with E-state index < -0.39 is 5.25 Å². The molecule has 3 aromatic rings. The highest BCUT2D eigenvalue weighted by Gasteiger charge is 2.31. The van der Waals surface area contributed by atoms with Crippen LogP contribution in [0.3, 0.4) is 0 Å². The lowest BCUT2D eigenvalue weighted by Gasteiger charge is -2.17. The largest absolute Gasteiger partial charge is 0.467 e. The van der Waals surface area contributed by atoms with Crippen LogP contribution in [-0.4, -0.2) is 49.9 Å². The maximum absolute atomic E-state index is 12.7. The smallest absolute Gasteiger partial charge is 0.324 e. The summed E-state index contributed by atoms with van der Waals surface area (Å²) in [6.45, 7) is 5.10. The summed E-state index contributed by atoms with van der Waals surface area (Å²) >= 11 is 1.29. The van der Waals surface area contributed by atoms with Crippen LogP contribution < -0.4 is 5.32 Å². The number of rotatable bonds is 6. The number of nitrogens with zero attached hydrogens (tertiary/aromatic N) is 4. The zero-order valence-electron chi connectivity index (χ0n) is 16.2. The Hall–Kier alpha value is -3.07. The summed E-state index contributed by atoms with van der Waals surface area (Å²) in [7, 11) is 0. The van der Waals surface area contributed by atoms with Gasteiger partial charge in [-0.05, 0) is 32.0 Å². The second kappa shape index (κ2) is 8.12. The number of aromatic nitrogens is 3. The summed E-state index contributed by atoms with van der Waals surface area (Å²) in [6, 6.07) is 11.4. The third-order valence-corrected chi connectivity index (χ3v) is 5.71. The Morgan fingerprint density at radius 2 is 2.17 bits per heavy atom. The van der Waals surface area contributed by atoms with E-state index in [2.05, 4.69) is 15.5 Å². The monoisotopic (exact) mass is 411 g/mol. The van der Waals surface area contributed by atoms with Crippen molar-refractivity contribution in [1.82, 2.24) is 25.0 Å². The molecule has 29 heavy (non-hydrogen) atoms. The highest BCUT2D eigenvalue weighted by Crippen LogP contribution is 2.29. The molecule has 3 heterocycles. The number of nitrogens with one attached hydrogen (secondary N) is 1. The number of amides is 3. The lowest BCUT2D eigenvalue weighted by molar-refractivity contribution is -0.126. The Kier molecular flexibility index (Phi) is 5.39. The Morgan fingerprint density at radius 1 is 1.31 bits per heavy atom. The van der Waals surface area contributed by atoms with E-state index >= 15 is 0 Å². The minimum absolute atomic E-state index is 0.241. The minimum Gasteiger partial charge on any atom is -0.467 e. The first-order chi connectivity index (χ1) is 14.0. The van der Waals surface area contributed by atoms with Crippen molar-refractivity contribution in [3.63, 3.8) is 0 Å². The van der Waals surface area contributed by atoms with E-state index in [4.69, 9.17) is 4.42 Å². The van der Waals surface area contributed by atoms with Gasteiger partial charge < -0.3 is 9.73 Å². The molecule has 4 rings (SSSR count). The van der Waals surface area contributed by atoms with Gasteiger partial charge in [0.05, 0.1) is 18.1 Å². The molecule has 1 fully saturated rings. The van der Waals surface area contributed by atoms with Crippen LogP contribution in [-0.2, 0) is 11.3 Å². The quantitative estimate of drug-likeness (QED) is 0.627. The van der Waals surface area contributed by atoms with Crippen molar-refractivity contribution in [3.8, 4) is 11.4 Å². The van der Waals surface area contributed by atoms with Gasteiger partial charge in [0, 0.05) is 18.7 Å². The predicted octanol–water partition coefficient (Wildman–Crippen LogP) is 2.93. The highest BCUT2D eigenvalue weighted by molar-refractivity contribution is 8.00. The van der Waals surface area contributed by atoms with Crippen molar-refractivity contribution in [3.05, 3.63) is 54.0 Å². The van der Waals surface area contributed by atoms with Crippen molar-refractivity contribution >= 4 is 23.7 Å². The molecular formula is C20H21N5O3S. The summed E-state index contributed by atoms with van der Waals surface area (Å²) in [5, 5.41) is 11.5. The molecule has 0 radical (unpaired) electrons. The van der Waals surface area contributed by atoms with Gasteiger partial charge in [-0.2, -0.15) is 0 Å². The van der Waals surface area contributed by atoms with E-state index in [0.717, 1.165) is 16.9 Å². The van der Waals surface area contributed by atoms with Crippen LogP contribution in [0.1, 0.15) is 18.2 Å². The topological polar surface area (TPSA) is 93.3 Å². The van der Waals surface area contributed by atoms with Crippen molar-refractivity contribution in [2.45, 2.75) is 30.8 Å². The number of urea groups is 1. The fourth-order valence-electron chi connectivity index (χ4n) is 3.18. The van der Waals surface area contributed by atoms with Crippen molar-refractivity contribution < 1.29 is 14.0 Å². The SMILES string of the molecule is Cc1cccc(-c2nnc(S[C@H](C)C(=O)N3CCNC3=O)n2Cc2ccco2)c1. The Morgan fingerprint density at radius 3 is 2.86 bits per heavy atom. The number of hydrogen-bond donors (Lipinski definition) is 1. The number of thioether (sulfide) groups is 1. The third-order valence-electron chi connectivity index (χ3n) is 4.64. The minimum atomic E-state index is -0.483. The van der Waals surface area contributed by atoms with Gasteiger partial charge in [-0.15, -0.1) is 10.2 Å². The molecule has 1 N–H and O–H groups in total. The van der Waals surface area contributed by atoms with Crippen LogP contribution in [0.5, 0.6) is 0 Å². The van der Waals surface area contributed by atoms with Crippen LogP contribution in [0, 0.1) is 6.92 Å². The molecular weight excluding hydrogens is 390 g/mol. The lowest BCUT2D eigenvalue weighted by atomic mass is 10.1. The number of furan rings is 1. The molecule has 0 unspecified atom stereocenters. The van der Waals surface area contributed by atoms with E-state index in [0.29, 0.717) is 30.6 Å². The molecule has 1 aliphatic rings. The number of carbonyl (C=O) groups is 2. The summed E-state index contributed by atoms with van der Waals surface area (Å²) < 4.78 is 7.45. The van der Waals surface area contributed by atoms with Crippen LogP contribution in [0.4, 0.5) is 4.79 Å². The van der Waals surface area contributed by atoms with Gasteiger partial charge in [-0.3, -0.25) is 14.3 Å². The summed E-state index contributed by atoms with van der Waals surface area (Å²) in [4.78, 5) is 25.7. The predicted molar refractivity (Wildman–Crippen MR) is 108 cm³/mol. The van der Waals surface area contributed by atoms with Crippen molar-refractivity contribution in [1.29, 1.82) is 0 Å². The van der Waals surface area contributed by atoms with Gasteiger partial charge in [-0.1, -0.05) is 35.5 Å². The molecule has 3 amide bonds. The number of imide groups is 1. The number of hydrogen-bond acceptors (Lipinski definition) is 6. The van der Waals surface area contributed by atoms with Crippen LogP contribution in [0.25, 0.3) is 11.4 Å². The maximum Gasteiger partial charge on any atom is 0.324 e. The van der Waals surface area contributed by atoms with Crippen LogP contribution >= 0.6 is 11.8 Å². The number of aryl methyl sites for hydroxylation is 1. The highest BCUT2D eigenvalue weighted by atomic mass is 32.2. The molecule has 0 aliphatic carbocycles. The van der Waals surface area contributed by atoms with Gasteiger partial charge in [0.1, 0.15) is 5.76 Å². The molecule has 8 nitrogen and oxygen atoms in total. The van der Waals surface area contributed by atoms with Gasteiger partial charge in [0.2, 0.25) is 5.91 Å². The lowest BCUT2D eigenvalue weighted by Crippen LogP contribution is -2.39. The molecule has 0 spiro atoms. The standard InChI is InChI=1S/C20H21N5O3S/c1-13-5-3-6-15(11-13)17-22-23-20(25(17)12-16-7-4-10-28-16)29-14(2)18(26)24-9-8-21-19(24)27/h3-7,10-11,14H,8-9,12H2,1-2H3,(H,21,27)/t14-/m1/s1. The molecule has 2 aromatic heterocycles. The Bertz CT molecular complexity index is 1030. The van der Waals surface area contributed by atoms with E-state index in [1.807, 2.05) is 47.9 Å². The summed E-state index contributed by atoms with van der Waals surface area (Å²) in [5.74, 6) is 1.22. The zero-order valence-corrected chi connectivity index (χ0v) is 17.0. The van der Waals surface area contributed by atoms with E-state index in [9.17, 15) is 9.59 Å². The van der Waals surface area contributed by atoms with E-state index in [1.54, 1.807) is 13.2 Å². The van der Waals surface area contributed by atoms with Crippen LogP contribution in [0.15, 0.2) is 52.2 Å². The molecule has 1 atom stereocenters. The van der Waals surface area contributed by atoms with Gasteiger partial charge in [0.15, 0.2) is 11.0 Å². The van der Waals surface area contributed by atoms with Crippen molar-refractivity contribution in [2.24, 2.45) is 0 Å². The first-order valence-electron chi connectivity index (χ1n) is 9.31. The Labute approximate surface area is 172 Å². The van der Waals surface area contributed by atoms with E-state index in [-0.39, 0.29) is 11.9 Å². The van der Waals surface area contributed by atoms with Crippen LogP contribution in [0.2, 0.25) is 0 Å². The first-order valence-corrected chi connectivity index (χ1v) is 10.2. The second-order valence-electron chi connectivity index (χ2n) is 6.82. The van der Waals surface area contributed by atoms with E-state index in [1.165, 1.54) is 16.7 Å². The maximum atomic E-state index is 12.7.